The molecule has 0 fully saturated rings. The number of sulfone groups is 1. The molecule has 0 amide bonds. The quantitative estimate of drug-likeness (QED) is 0.233. The molecule has 5 nitrogen and oxygen atoms in total. The highest BCUT2D eigenvalue weighted by Gasteiger charge is 2.28. The maximum atomic E-state index is 11.9. The van der Waals surface area contributed by atoms with E-state index in [0.717, 1.165) is 6.42 Å². The van der Waals surface area contributed by atoms with Crippen LogP contribution >= 0.6 is 24.0 Å². The summed E-state index contributed by atoms with van der Waals surface area (Å²) in [7, 11) is -3.10. The normalized spacial score (nSPS) is 12.8. The van der Waals surface area contributed by atoms with Gasteiger partial charge in [0.05, 0.1) is 10.5 Å². The molecule has 0 spiro atoms. The molecule has 0 atom stereocenters. The minimum absolute atomic E-state index is 0. The van der Waals surface area contributed by atoms with Crippen LogP contribution in [0.2, 0.25) is 0 Å². The van der Waals surface area contributed by atoms with E-state index in [1.54, 1.807) is 20.8 Å². The van der Waals surface area contributed by atoms with Crippen molar-refractivity contribution in [3.05, 3.63) is 0 Å². The molecule has 0 aliphatic rings. The van der Waals surface area contributed by atoms with E-state index < -0.39 is 14.6 Å². The Kier molecular flexibility index (Phi) is 13.6. The van der Waals surface area contributed by atoms with Gasteiger partial charge in [-0.25, -0.2) is 8.42 Å². The standard InChI is InChI=1S/C15H33N3O2S.HI/c1-5-6-7-8-9-10-11-17-14(16)18-12-13-21(19,20)15(2,3)4;/h5-13H2,1-4H3,(H3,16,17,18);1H. The van der Waals surface area contributed by atoms with Crippen LogP contribution in [0.5, 0.6) is 0 Å². The zero-order valence-electron chi connectivity index (χ0n) is 14.5. The first kappa shape index (κ1) is 24.2. The Bertz CT molecular complexity index is 404. The van der Waals surface area contributed by atoms with Gasteiger partial charge in [0, 0.05) is 13.1 Å². The van der Waals surface area contributed by atoms with E-state index in [-0.39, 0.29) is 29.7 Å². The van der Waals surface area contributed by atoms with Gasteiger partial charge in [0.25, 0.3) is 0 Å². The molecule has 0 aromatic carbocycles. The van der Waals surface area contributed by atoms with E-state index in [1.807, 2.05) is 0 Å². The van der Waals surface area contributed by atoms with E-state index in [2.05, 4.69) is 17.2 Å². The smallest absolute Gasteiger partial charge is 0.188 e. The van der Waals surface area contributed by atoms with E-state index in [0.29, 0.717) is 19.0 Å². The Morgan fingerprint density at radius 1 is 1.09 bits per heavy atom. The molecule has 0 aliphatic carbocycles. The third kappa shape index (κ3) is 11.5. The van der Waals surface area contributed by atoms with E-state index in [4.69, 9.17) is 5.73 Å². The number of halogens is 1. The van der Waals surface area contributed by atoms with Gasteiger partial charge in [0.2, 0.25) is 0 Å². The van der Waals surface area contributed by atoms with E-state index in [1.165, 1.54) is 32.1 Å². The summed E-state index contributed by atoms with van der Waals surface area (Å²) in [5, 5.41) is 2.87. The first-order valence-electron chi connectivity index (χ1n) is 7.97. The average Bonchev–Trinajstić information content (AvgIpc) is 2.36. The minimum atomic E-state index is -3.10. The molecule has 7 heteroatoms. The van der Waals surface area contributed by atoms with Crippen LogP contribution < -0.4 is 11.1 Å². The Hall–Kier alpha value is -0.0500. The largest absolute Gasteiger partial charge is 0.370 e. The maximum Gasteiger partial charge on any atom is 0.188 e. The Morgan fingerprint density at radius 3 is 2.18 bits per heavy atom. The van der Waals surface area contributed by atoms with Gasteiger partial charge in [-0.15, -0.1) is 24.0 Å². The van der Waals surface area contributed by atoms with Crippen molar-refractivity contribution in [1.82, 2.24) is 5.32 Å². The second-order valence-corrected chi connectivity index (χ2v) is 9.26. The lowest BCUT2D eigenvalue weighted by Crippen LogP contribution is -2.39. The second-order valence-electron chi connectivity index (χ2n) is 6.39. The molecular formula is C15H34IN3O2S. The Morgan fingerprint density at radius 2 is 1.64 bits per heavy atom. The number of guanidine groups is 1. The molecule has 0 radical (unpaired) electrons. The van der Waals surface area contributed by atoms with Gasteiger partial charge in [0.1, 0.15) is 0 Å². The first-order valence-corrected chi connectivity index (χ1v) is 9.62. The van der Waals surface area contributed by atoms with Crippen molar-refractivity contribution in [3.8, 4) is 0 Å². The van der Waals surface area contributed by atoms with Crippen LogP contribution in [-0.4, -0.2) is 38.0 Å². The summed E-state index contributed by atoms with van der Waals surface area (Å²) in [6.45, 7) is 8.34. The summed E-state index contributed by atoms with van der Waals surface area (Å²) in [5.74, 6) is 0.414. The third-order valence-electron chi connectivity index (χ3n) is 3.40. The van der Waals surface area contributed by atoms with Gasteiger partial charge >= 0.3 is 0 Å². The van der Waals surface area contributed by atoms with Gasteiger partial charge in [-0.3, -0.25) is 4.99 Å². The number of hydrogen-bond donors (Lipinski definition) is 2. The number of nitrogens with two attached hydrogens (primary N) is 1. The molecule has 0 saturated carbocycles. The predicted octanol–water partition coefficient (Wildman–Crippen LogP) is 3.08. The number of nitrogens with one attached hydrogen (secondary N) is 1. The number of hydrogen-bond acceptors (Lipinski definition) is 3. The fourth-order valence-corrected chi connectivity index (χ4v) is 2.75. The lowest BCUT2D eigenvalue weighted by molar-refractivity contribution is 0.559. The molecule has 22 heavy (non-hydrogen) atoms. The van der Waals surface area contributed by atoms with Gasteiger partial charge in [-0.05, 0) is 27.2 Å². The van der Waals surface area contributed by atoms with Crippen LogP contribution in [0.4, 0.5) is 0 Å². The number of rotatable bonds is 10. The van der Waals surface area contributed by atoms with Crippen LogP contribution in [0.15, 0.2) is 4.99 Å². The number of unbranched alkanes of at least 4 members (excludes halogenated alkanes) is 5. The van der Waals surface area contributed by atoms with Crippen molar-refractivity contribution in [2.45, 2.75) is 71.0 Å². The van der Waals surface area contributed by atoms with Gasteiger partial charge in [0.15, 0.2) is 15.8 Å². The highest BCUT2D eigenvalue weighted by Crippen LogP contribution is 2.15. The zero-order valence-corrected chi connectivity index (χ0v) is 17.7. The maximum absolute atomic E-state index is 11.9. The lowest BCUT2D eigenvalue weighted by Gasteiger charge is -2.19. The zero-order chi connectivity index (χ0) is 16.4. The summed E-state index contributed by atoms with van der Waals surface area (Å²) in [6.07, 6.45) is 7.31. The summed E-state index contributed by atoms with van der Waals surface area (Å²) < 4.78 is 23.1. The van der Waals surface area contributed by atoms with Crippen molar-refractivity contribution >= 4 is 39.8 Å². The topological polar surface area (TPSA) is 84.5 Å². The average molecular weight is 447 g/mol. The molecule has 0 aromatic heterocycles. The molecule has 134 valence electrons. The molecule has 0 saturated heterocycles. The molecule has 0 aliphatic heterocycles. The lowest BCUT2D eigenvalue weighted by atomic mass is 10.1. The first-order chi connectivity index (χ1) is 9.70. The van der Waals surface area contributed by atoms with Gasteiger partial charge < -0.3 is 11.1 Å². The molecule has 0 aromatic rings. The van der Waals surface area contributed by atoms with E-state index >= 15 is 0 Å². The summed E-state index contributed by atoms with van der Waals surface area (Å²) >= 11 is 0. The van der Waals surface area contributed by atoms with Crippen LogP contribution in [-0.2, 0) is 9.84 Å². The van der Waals surface area contributed by atoms with Crippen molar-refractivity contribution in [2.24, 2.45) is 10.7 Å². The van der Waals surface area contributed by atoms with Crippen molar-refractivity contribution in [2.75, 3.05) is 18.8 Å². The van der Waals surface area contributed by atoms with Crippen molar-refractivity contribution in [1.29, 1.82) is 0 Å². The van der Waals surface area contributed by atoms with Crippen LogP contribution in [0.3, 0.4) is 0 Å². The highest BCUT2D eigenvalue weighted by atomic mass is 127. The Labute approximate surface area is 153 Å². The monoisotopic (exact) mass is 447 g/mol. The molecule has 3 N–H and O–H groups in total. The van der Waals surface area contributed by atoms with Gasteiger partial charge in [-0.2, -0.15) is 0 Å². The summed E-state index contributed by atoms with van der Waals surface area (Å²) in [6, 6.07) is 0. The predicted molar refractivity (Wildman–Crippen MR) is 107 cm³/mol. The molecule has 0 unspecified atom stereocenters. The summed E-state index contributed by atoms with van der Waals surface area (Å²) in [4.78, 5) is 4.21. The second kappa shape index (κ2) is 12.4. The van der Waals surface area contributed by atoms with Gasteiger partial charge in [-0.1, -0.05) is 39.0 Å². The molecular weight excluding hydrogens is 413 g/mol. The molecule has 0 bridgehead atoms. The fraction of sp³-hybridized carbons (Fsp3) is 0.933. The number of nitrogens with zero attached hydrogens (tertiary/aromatic N) is 1. The molecule has 0 heterocycles. The SMILES string of the molecule is CCCCCCCCN=C(N)NCCS(=O)(=O)C(C)(C)C.I. The van der Waals surface area contributed by atoms with Crippen molar-refractivity contribution < 1.29 is 8.42 Å². The Balaban J connectivity index is 0. The third-order valence-corrected chi connectivity index (χ3v) is 6.01. The van der Waals surface area contributed by atoms with E-state index in [9.17, 15) is 8.42 Å². The van der Waals surface area contributed by atoms with Crippen LogP contribution in [0.1, 0.15) is 66.2 Å². The number of aliphatic imine (C=N–C) groups is 1. The summed E-state index contributed by atoms with van der Waals surface area (Å²) in [5.41, 5.74) is 5.72. The van der Waals surface area contributed by atoms with Crippen molar-refractivity contribution in [3.63, 3.8) is 0 Å². The highest BCUT2D eigenvalue weighted by molar-refractivity contribution is 14.0. The fourth-order valence-electron chi connectivity index (χ4n) is 1.77. The van der Waals surface area contributed by atoms with Crippen LogP contribution in [0, 0.1) is 0 Å². The molecule has 0 rings (SSSR count). The van der Waals surface area contributed by atoms with Crippen LogP contribution in [0.25, 0.3) is 0 Å². The minimum Gasteiger partial charge on any atom is -0.370 e.